The molecule has 140 valence electrons. The van der Waals surface area contributed by atoms with E-state index in [-0.39, 0.29) is 0 Å². The molecule has 2 saturated carbocycles. The third-order valence-electron chi connectivity index (χ3n) is 6.77. The molecule has 2 heterocycles. The first-order chi connectivity index (χ1) is 12.6. The number of ether oxygens (including phenoxy) is 3. The van der Waals surface area contributed by atoms with Crippen LogP contribution in [0.5, 0.6) is 5.75 Å². The number of rotatable bonds is 2. The number of carbonyl (C=O) groups excluding carboxylic acids is 1. The summed E-state index contributed by atoms with van der Waals surface area (Å²) >= 11 is 6.39. The lowest BCUT2D eigenvalue weighted by Crippen LogP contribution is -2.54. The molecule has 5 heteroatoms. The SMILES string of the molecule is O=C1OC12Oc1ccc(Cl)cc1C(C1CCCCC1)(C1CCCCC1)O2. The van der Waals surface area contributed by atoms with E-state index >= 15 is 0 Å². The average Bonchev–Trinajstić information content (AvgIpc) is 3.30. The molecule has 1 atom stereocenters. The zero-order valence-corrected chi connectivity index (χ0v) is 15.7. The van der Waals surface area contributed by atoms with Crippen molar-refractivity contribution < 1.29 is 19.0 Å². The fourth-order valence-electron chi connectivity index (χ4n) is 5.56. The highest BCUT2D eigenvalue weighted by atomic mass is 35.5. The second kappa shape index (κ2) is 6.13. The van der Waals surface area contributed by atoms with Crippen LogP contribution in [-0.4, -0.2) is 11.9 Å². The van der Waals surface area contributed by atoms with Gasteiger partial charge in [-0.2, -0.15) is 0 Å². The Labute approximate surface area is 159 Å². The Balaban J connectivity index is 1.68. The van der Waals surface area contributed by atoms with Gasteiger partial charge in [-0.3, -0.25) is 4.74 Å². The van der Waals surface area contributed by atoms with E-state index in [1.54, 1.807) is 0 Å². The molecule has 2 aliphatic heterocycles. The largest absolute Gasteiger partial charge is 0.480 e. The maximum atomic E-state index is 12.1. The number of hydrogen-bond acceptors (Lipinski definition) is 4. The summed E-state index contributed by atoms with van der Waals surface area (Å²) in [5.41, 5.74) is 0.489. The predicted octanol–water partition coefficient (Wildman–Crippen LogP) is 5.32. The van der Waals surface area contributed by atoms with Gasteiger partial charge in [0.25, 0.3) is 0 Å². The van der Waals surface area contributed by atoms with Crippen LogP contribution in [-0.2, 0) is 19.9 Å². The van der Waals surface area contributed by atoms with Crippen molar-refractivity contribution in [3.8, 4) is 5.75 Å². The minimum atomic E-state index is -1.52. The standard InChI is InChI=1S/C21H25ClO4/c22-16-11-12-18-17(13-16)20(14-7-3-1-4-8-14,15-9-5-2-6-10-15)26-21(24-18)19(23)25-21/h11-15H,1-10H2. The summed E-state index contributed by atoms with van der Waals surface area (Å²) < 4.78 is 17.7. The van der Waals surface area contributed by atoms with Crippen molar-refractivity contribution in [2.75, 3.05) is 0 Å². The molecule has 1 saturated heterocycles. The van der Waals surface area contributed by atoms with Gasteiger partial charge >= 0.3 is 11.9 Å². The van der Waals surface area contributed by atoms with Gasteiger partial charge in [0.1, 0.15) is 11.4 Å². The van der Waals surface area contributed by atoms with Crippen molar-refractivity contribution in [3.05, 3.63) is 28.8 Å². The van der Waals surface area contributed by atoms with Crippen LogP contribution in [0.3, 0.4) is 0 Å². The van der Waals surface area contributed by atoms with E-state index in [0.29, 0.717) is 22.6 Å². The number of halogens is 1. The number of carbonyl (C=O) groups is 1. The Hall–Kier alpha value is -1.26. The Kier molecular flexibility index (Phi) is 3.98. The molecule has 0 aromatic heterocycles. The molecule has 3 fully saturated rings. The maximum Gasteiger partial charge on any atom is 0.480 e. The average molecular weight is 377 g/mol. The number of epoxide rings is 1. The molecule has 0 N–H and O–H groups in total. The van der Waals surface area contributed by atoms with Crippen molar-refractivity contribution in [1.29, 1.82) is 0 Å². The van der Waals surface area contributed by atoms with Crippen molar-refractivity contribution in [3.63, 3.8) is 0 Å². The molecule has 5 rings (SSSR count). The van der Waals surface area contributed by atoms with Gasteiger partial charge in [-0.25, -0.2) is 4.79 Å². The lowest BCUT2D eigenvalue weighted by molar-refractivity contribution is -0.300. The first-order valence-corrected chi connectivity index (χ1v) is 10.4. The summed E-state index contributed by atoms with van der Waals surface area (Å²) in [6.07, 6.45) is 11.9. The Morgan fingerprint density at radius 3 is 2.00 bits per heavy atom. The molecule has 0 amide bonds. The van der Waals surface area contributed by atoms with Gasteiger partial charge in [0.15, 0.2) is 0 Å². The first kappa shape index (κ1) is 16.9. The summed E-state index contributed by atoms with van der Waals surface area (Å²) in [6.45, 7) is 0. The summed E-state index contributed by atoms with van der Waals surface area (Å²) in [5, 5.41) is 0.686. The van der Waals surface area contributed by atoms with Gasteiger partial charge in [-0.15, -0.1) is 0 Å². The van der Waals surface area contributed by atoms with E-state index in [2.05, 4.69) is 0 Å². The summed E-state index contributed by atoms with van der Waals surface area (Å²) in [7, 11) is 0. The fourth-order valence-corrected chi connectivity index (χ4v) is 5.74. The van der Waals surface area contributed by atoms with Gasteiger partial charge in [0, 0.05) is 10.6 Å². The highest BCUT2D eigenvalue weighted by molar-refractivity contribution is 6.30. The molecular formula is C21H25ClO4. The molecule has 1 aromatic carbocycles. The first-order valence-electron chi connectivity index (χ1n) is 10.1. The smallest absolute Gasteiger partial charge is 0.421 e. The molecule has 4 nitrogen and oxygen atoms in total. The van der Waals surface area contributed by atoms with Gasteiger partial charge in [0.05, 0.1) is 0 Å². The lowest BCUT2D eigenvalue weighted by atomic mass is 9.63. The summed E-state index contributed by atoms with van der Waals surface area (Å²) in [6, 6.07) is 5.69. The van der Waals surface area contributed by atoms with E-state index in [1.165, 1.54) is 38.5 Å². The topological polar surface area (TPSA) is 48.1 Å². The molecule has 4 aliphatic rings. The van der Waals surface area contributed by atoms with Crippen LogP contribution in [0.4, 0.5) is 0 Å². The summed E-state index contributed by atoms with van der Waals surface area (Å²) in [5.74, 6) is -0.490. The highest BCUT2D eigenvalue weighted by Crippen LogP contribution is 2.60. The Bertz CT molecular complexity index is 703. The normalized spacial score (nSPS) is 31.2. The number of benzene rings is 1. The van der Waals surface area contributed by atoms with Crippen LogP contribution >= 0.6 is 11.6 Å². The molecule has 1 spiro atoms. The fraction of sp³-hybridized carbons (Fsp3) is 0.667. The van der Waals surface area contributed by atoms with Crippen LogP contribution in [0.25, 0.3) is 0 Å². The van der Waals surface area contributed by atoms with Crippen molar-refractivity contribution >= 4 is 17.6 Å². The van der Waals surface area contributed by atoms with Gasteiger partial charge in [-0.05, 0) is 55.7 Å². The van der Waals surface area contributed by atoms with Crippen molar-refractivity contribution in [2.24, 2.45) is 11.8 Å². The van der Waals surface area contributed by atoms with Crippen LogP contribution in [0, 0.1) is 11.8 Å². The predicted molar refractivity (Wildman–Crippen MR) is 96.8 cm³/mol. The van der Waals surface area contributed by atoms with Crippen LogP contribution in [0.15, 0.2) is 18.2 Å². The molecule has 2 aliphatic carbocycles. The van der Waals surface area contributed by atoms with E-state index < -0.39 is 17.5 Å². The molecule has 0 bridgehead atoms. The summed E-state index contributed by atoms with van der Waals surface area (Å²) in [4.78, 5) is 12.1. The Morgan fingerprint density at radius 1 is 0.885 bits per heavy atom. The molecule has 26 heavy (non-hydrogen) atoms. The maximum absolute atomic E-state index is 12.1. The Morgan fingerprint density at radius 2 is 1.46 bits per heavy atom. The minimum Gasteiger partial charge on any atom is -0.421 e. The molecule has 0 radical (unpaired) electrons. The quantitative estimate of drug-likeness (QED) is 0.656. The van der Waals surface area contributed by atoms with Gasteiger partial charge in [0.2, 0.25) is 0 Å². The van der Waals surface area contributed by atoms with Gasteiger partial charge in [-0.1, -0.05) is 50.1 Å². The van der Waals surface area contributed by atoms with Gasteiger partial charge < -0.3 is 9.47 Å². The van der Waals surface area contributed by atoms with E-state index in [4.69, 9.17) is 25.8 Å². The third kappa shape index (κ3) is 2.49. The lowest BCUT2D eigenvalue weighted by Gasteiger charge is -2.51. The van der Waals surface area contributed by atoms with Crippen LogP contribution in [0.2, 0.25) is 5.02 Å². The van der Waals surface area contributed by atoms with E-state index in [1.807, 2.05) is 18.2 Å². The van der Waals surface area contributed by atoms with Crippen LogP contribution < -0.4 is 4.74 Å². The van der Waals surface area contributed by atoms with E-state index in [0.717, 1.165) is 31.2 Å². The second-order valence-electron chi connectivity index (χ2n) is 8.25. The van der Waals surface area contributed by atoms with E-state index in [9.17, 15) is 4.79 Å². The zero-order valence-electron chi connectivity index (χ0n) is 15.0. The minimum absolute atomic E-state index is 0.370. The number of hydrogen-bond donors (Lipinski definition) is 0. The molecular weight excluding hydrogens is 352 g/mol. The van der Waals surface area contributed by atoms with Crippen LogP contribution in [0.1, 0.15) is 69.8 Å². The second-order valence-corrected chi connectivity index (χ2v) is 8.69. The molecule has 1 unspecified atom stereocenters. The van der Waals surface area contributed by atoms with Crippen molar-refractivity contribution in [1.82, 2.24) is 0 Å². The molecule has 1 aromatic rings. The highest BCUT2D eigenvalue weighted by Gasteiger charge is 2.73. The third-order valence-corrected chi connectivity index (χ3v) is 7.00. The zero-order chi connectivity index (χ0) is 17.8. The van der Waals surface area contributed by atoms with Crippen molar-refractivity contribution in [2.45, 2.75) is 75.8 Å². The monoisotopic (exact) mass is 376 g/mol. The number of fused-ring (bicyclic) bond motifs is 1.